The second-order valence-corrected chi connectivity index (χ2v) is 6.51. The van der Waals surface area contributed by atoms with Crippen molar-refractivity contribution in [2.24, 2.45) is 5.92 Å². The van der Waals surface area contributed by atoms with Crippen molar-refractivity contribution in [3.63, 3.8) is 0 Å². The third kappa shape index (κ3) is 5.11. The molecule has 0 saturated carbocycles. The molecule has 4 nitrogen and oxygen atoms in total. The fourth-order valence-corrected chi connectivity index (χ4v) is 3.21. The highest BCUT2D eigenvalue weighted by Crippen LogP contribution is 2.21. The SMILES string of the molecule is CC(O)CC(CNC(=O)[C@H]1CCN[C@@H](C)C1)c1ccccc1. The zero-order valence-corrected chi connectivity index (χ0v) is 13.6. The van der Waals surface area contributed by atoms with E-state index in [0.29, 0.717) is 19.0 Å². The maximum absolute atomic E-state index is 12.4. The molecule has 0 aliphatic carbocycles. The number of nitrogens with one attached hydrogen (secondary N) is 2. The second kappa shape index (κ2) is 8.30. The van der Waals surface area contributed by atoms with Gasteiger partial charge in [-0.05, 0) is 45.2 Å². The van der Waals surface area contributed by atoms with Crippen molar-refractivity contribution in [2.75, 3.05) is 13.1 Å². The Morgan fingerprint density at radius 2 is 2.14 bits per heavy atom. The minimum atomic E-state index is -0.374. The number of aliphatic hydroxyl groups is 1. The van der Waals surface area contributed by atoms with E-state index in [0.717, 1.165) is 19.4 Å². The molecule has 1 heterocycles. The number of rotatable bonds is 6. The minimum absolute atomic E-state index is 0.110. The lowest BCUT2D eigenvalue weighted by atomic mass is 9.91. The molecule has 1 aliphatic heterocycles. The maximum Gasteiger partial charge on any atom is 0.223 e. The zero-order chi connectivity index (χ0) is 15.9. The Kier molecular flexibility index (Phi) is 6.40. The van der Waals surface area contributed by atoms with Crippen LogP contribution in [-0.2, 0) is 4.79 Å². The Morgan fingerprint density at radius 3 is 2.77 bits per heavy atom. The molecule has 1 saturated heterocycles. The first kappa shape index (κ1) is 17.0. The zero-order valence-electron chi connectivity index (χ0n) is 13.6. The summed E-state index contributed by atoms with van der Waals surface area (Å²) in [4.78, 5) is 12.4. The largest absolute Gasteiger partial charge is 0.393 e. The number of carbonyl (C=O) groups excluding carboxylic acids is 1. The van der Waals surface area contributed by atoms with Crippen LogP contribution in [0.15, 0.2) is 30.3 Å². The van der Waals surface area contributed by atoms with Crippen molar-refractivity contribution >= 4 is 5.91 Å². The normalized spacial score (nSPS) is 24.5. The Morgan fingerprint density at radius 1 is 1.41 bits per heavy atom. The molecule has 4 atom stereocenters. The third-order valence-corrected chi connectivity index (χ3v) is 4.41. The molecule has 1 amide bonds. The van der Waals surface area contributed by atoms with Gasteiger partial charge < -0.3 is 15.7 Å². The van der Waals surface area contributed by atoms with E-state index < -0.39 is 0 Å². The van der Waals surface area contributed by atoms with E-state index in [4.69, 9.17) is 0 Å². The molecule has 22 heavy (non-hydrogen) atoms. The minimum Gasteiger partial charge on any atom is -0.393 e. The number of hydrogen-bond acceptors (Lipinski definition) is 3. The standard InChI is InChI=1S/C18H28N2O2/c1-13-10-16(8-9-19-13)18(22)20-12-17(11-14(2)21)15-6-4-3-5-7-15/h3-7,13-14,16-17,19,21H,8-12H2,1-2H3,(H,20,22)/t13-,14?,16-,17?/m0/s1. The Hall–Kier alpha value is -1.39. The van der Waals surface area contributed by atoms with E-state index in [9.17, 15) is 9.90 Å². The fourth-order valence-electron chi connectivity index (χ4n) is 3.21. The maximum atomic E-state index is 12.4. The number of amides is 1. The highest BCUT2D eigenvalue weighted by Gasteiger charge is 2.25. The van der Waals surface area contributed by atoms with Crippen LogP contribution in [0.25, 0.3) is 0 Å². The average molecular weight is 304 g/mol. The molecule has 3 N–H and O–H groups in total. The molecule has 0 aromatic heterocycles. The first-order valence-electron chi connectivity index (χ1n) is 8.30. The molecule has 2 rings (SSSR count). The third-order valence-electron chi connectivity index (χ3n) is 4.41. The summed E-state index contributed by atoms with van der Waals surface area (Å²) in [6.07, 6.45) is 2.09. The molecule has 1 aromatic carbocycles. The fraction of sp³-hybridized carbons (Fsp3) is 0.611. The monoisotopic (exact) mass is 304 g/mol. The van der Waals surface area contributed by atoms with Gasteiger partial charge in [-0.2, -0.15) is 0 Å². The molecule has 1 fully saturated rings. The van der Waals surface area contributed by atoms with Gasteiger partial charge in [0.05, 0.1) is 6.10 Å². The highest BCUT2D eigenvalue weighted by atomic mass is 16.3. The molecular weight excluding hydrogens is 276 g/mol. The van der Waals surface area contributed by atoms with Gasteiger partial charge in [0.1, 0.15) is 0 Å². The van der Waals surface area contributed by atoms with Crippen LogP contribution in [0.3, 0.4) is 0 Å². The summed E-state index contributed by atoms with van der Waals surface area (Å²) in [6.45, 7) is 5.42. The van der Waals surface area contributed by atoms with E-state index in [-0.39, 0.29) is 23.8 Å². The van der Waals surface area contributed by atoms with Gasteiger partial charge in [0.25, 0.3) is 0 Å². The number of carbonyl (C=O) groups is 1. The lowest BCUT2D eigenvalue weighted by Gasteiger charge is -2.28. The van der Waals surface area contributed by atoms with Crippen molar-refractivity contribution in [3.05, 3.63) is 35.9 Å². The van der Waals surface area contributed by atoms with E-state index in [1.807, 2.05) is 18.2 Å². The van der Waals surface area contributed by atoms with Crippen molar-refractivity contribution in [1.82, 2.24) is 10.6 Å². The predicted octanol–water partition coefficient (Wildman–Crippen LogP) is 2.05. The van der Waals surface area contributed by atoms with E-state index in [2.05, 4.69) is 29.7 Å². The van der Waals surface area contributed by atoms with Crippen molar-refractivity contribution in [1.29, 1.82) is 0 Å². The van der Waals surface area contributed by atoms with Gasteiger partial charge in [0, 0.05) is 24.4 Å². The average Bonchev–Trinajstić information content (AvgIpc) is 2.51. The van der Waals surface area contributed by atoms with E-state index in [1.54, 1.807) is 6.92 Å². The topological polar surface area (TPSA) is 61.4 Å². The summed E-state index contributed by atoms with van der Waals surface area (Å²) < 4.78 is 0. The predicted molar refractivity (Wildman–Crippen MR) is 88.7 cm³/mol. The molecule has 4 heteroatoms. The smallest absolute Gasteiger partial charge is 0.223 e. The summed E-state index contributed by atoms with van der Waals surface area (Å²) >= 11 is 0. The molecule has 122 valence electrons. The van der Waals surface area contributed by atoms with Crippen LogP contribution in [0, 0.1) is 5.92 Å². The van der Waals surface area contributed by atoms with Gasteiger partial charge >= 0.3 is 0 Å². The van der Waals surface area contributed by atoms with E-state index in [1.165, 1.54) is 5.56 Å². The van der Waals surface area contributed by atoms with Crippen LogP contribution in [0.2, 0.25) is 0 Å². The molecule has 1 aromatic rings. The van der Waals surface area contributed by atoms with Gasteiger partial charge in [-0.1, -0.05) is 30.3 Å². The van der Waals surface area contributed by atoms with Crippen molar-refractivity contribution < 1.29 is 9.90 Å². The Balaban J connectivity index is 1.91. The second-order valence-electron chi connectivity index (χ2n) is 6.51. The van der Waals surface area contributed by atoms with Crippen LogP contribution >= 0.6 is 0 Å². The molecular formula is C18H28N2O2. The molecule has 0 spiro atoms. The molecule has 0 bridgehead atoms. The number of piperidine rings is 1. The van der Waals surface area contributed by atoms with Gasteiger partial charge in [0.15, 0.2) is 0 Å². The quantitative estimate of drug-likeness (QED) is 0.754. The first-order chi connectivity index (χ1) is 10.6. The van der Waals surface area contributed by atoms with Gasteiger partial charge in [0.2, 0.25) is 5.91 Å². The van der Waals surface area contributed by atoms with Crippen LogP contribution in [-0.4, -0.2) is 36.2 Å². The first-order valence-corrected chi connectivity index (χ1v) is 8.30. The molecule has 2 unspecified atom stereocenters. The van der Waals surface area contributed by atoms with Crippen LogP contribution in [0.1, 0.15) is 44.6 Å². The lowest BCUT2D eigenvalue weighted by molar-refractivity contribution is -0.126. The summed E-state index contributed by atoms with van der Waals surface area (Å²) in [5.74, 6) is 0.420. The molecule has 1 aliphatic rings. The molecule has 0 radical (unpaired) electrons. The Bertz CT molecular complexity index is 461. The van der Waals surface area contributed by atoms with Crippen LogP contribution < -0.4 is 10.6 Å². The van der Waals surface area contributed by atoms with E-state index >= 15 is 0 Å². The lowest BCUT2D eigenvalue weighted by Crippen LogP contribution is -2.43. The highest BCUT2D eigenvalue weighted by molar-refractivity contribution is 5.78. The summed E-state index contributed by atoms with van der Waals surface area (Å²) in [6, 6.07) is 10.5. The van der Waals surface area contributed by atoms with Crippen molar-refractivity contribution in [2.45, 2.75) is 51.2 Å². The number of aliphatic hydroxyl groups excluding tert-OH is 1. The van der Waals surface area contributed by atoms with Gasteiger partial charge in [-0.15, -0.1) is 0 Å². The van der Waals surface area contributed by atoms with Crippen molar-refractivity contribution in [3.8, 4) is 0 Å². The summed E-state index contributed by atoms with van der Waals surface area (Å²) in [5, 5.41) is 16.2. The van der Waals surface area contributed by atoms with Crippen LogP contribution in [0.5, 0.6) is 0 Å². The van der Waals surface area contributed by atoms with Gasteiger partial charge in [-0.3, -0.25) is 4.79 Å². The number of hydrogen-bond donors (Lipinski definition) is 3. The Labute approximate surface area is 133 Å². The summed E-state index contributed by atoms with van der Waals surface area (Å²) in [5.41, 5.74) is 1.17. The number of benzene rings is 1. The van der Waals surface area contributed by atoms with Gasteiger partial charge in [-0.25, -0.2) is 0 Å². The summed E-state index contributed by atoms with van der Waals surface area (Å²) in [7, 11) is 0. The van der Waals surface area contributed by atoms with Crippen LogP contribution in [0.4, 0.5) is 0 Å².